The van der Waals surface area contributed by atoms with E-state index in [4.69, 9.17) is 15.6 Å². The van der Waals surface area contributed by atoms with Crippen LogP contribution in [0.25, 0.3) is 0 Å². The van der Waals surface area contributed by atoms with E-state index >= 15 is 0 Å². The lowest BCUT2D eigenvalue weighted by atomic mass is 9.98. The standard InChI is InChI=1S/C17H32N4O5/c1-3-11(2)12(21-16(23)13-14(26-13)17(24)25)15(22)20-10-5-4-8-19-9-6-7-18/h11-14,19H,3-10,18H2,1-2H3,(H,20,22)(H,21,23)(H,24,25). The van der Waals surface area contributed by atoms with Crippen molar-refractivity contribution in [2.75, 3.05) is 26.2 Å². The Bertz CT molecular complexity index is 474. The summed E-state index contributed by atoms with van der Waals surface area (Å²) in [5.74, 6) is -2.05. The van der Waals surface area contributed by atoms with Crippen LogP contribution >= 0.6 is 0 Å². The average Bonchev–Trinajstić information content (AvgIpc) is 3.42. The third-order valence-electron chi connectivity index (χ3n) is 4.42. The van der Waals surface area contributed by atoms with Crippen LogP contribution in [-0.2, 0) is 19.1 Å². The van der Waals surface area contributed by atoms with Gasteiger partial charge in [0.05, 0.1) is 0 Å². The molecule has 9 heteroatoms. The first-order valence-corrected chi connectivity index (χ1v) is 9.29. The number of unbranched alkanes of at least 4 members (excludes halogenated alkanes) is 1. The highest BCUT2D eigenvalue weighted by molar-refractivity contribution is 5.95. The second-order valence-electron chi connectivity index (χ2n) is 6.58. The number of ether oxygens (including phenoxy) is 1. The van der Waals surface area contributed by atoms with Gasteiger partial charge in [0.1, 0.15) is 6.04 Å². The predicted molar refractivity (Wildman–Crippen MR) is 96.5 cm³/mol. The Balaban J connectivity index is 2.32. The highest BCUT2D eigenvalue weighted by Crippen LogP contribution is 2.23. The number of carboxylic acids is 1. The Morgan fingerprint density at radius 3 is 2.35 bits per heavy atom. The number of nitrogens with one attached hydrogen (secondary N) is 3. The van der Waals surface area contributed by atoms with Crippen LogP contribution in [0.5, 0.6) is 0 Å². The largest absolute Gasteiger partial charge is 0.479 e. The van der Waals surface area contributed by atoms with Crippen molar-refractivity contribution in [3.05, 3.63) is 0 Å². The first-order chi connectivity index (χ1) is 12.4. The molecule has 0 bridgehead atoms. The zero-order chi connectivity index (χ0) is 19.5. The highest BCUT2D eigenvalue weighted by atomic mass is 16.6. The average molecular weight is 372 g/mol. The summed E-state index contributed by atoms with van der Waals surface area (Å²) in [6, 6.07) is -0.700. The maximum atomic E-state index is 12.4. The van der Waals surface area contributed by atoms with Gasteiger partial charge in [0, 0.05) is 6.54 Å². The molecule has 4 unspecified atom stereocenters. The number of carbonyl (C=O) groups excluding carboxylic acids is 2. The summed E-state index contributed by atoms with van der Waals surface area (Å²) < 4.78 is 4.83. The number of carboxylic acid groups (broad SMARTS) is 1. The molecule has 1 saturated heterocycles. The summed E-state index contributed by atoms with van der Waals surface area (Å²) in [5.41, 5.74) is 5.41. The number of hydrogen-bond donors (Lipinski definition) is 5. The van der Waals surface area contributed by atoms with Crippen LogP contribution < -0.4 is 21.7 Å². The molecule has 9 nitrogen and oxygen atoms in total. The van der Waals surface area contributed by atoms with Crippen LogP contribution in [0, 0.1) is 5.92 Å². The summed E-state index contributed by atoms with van der Waals surface area (Å²) in [6.07, 6.45) is 1.29. The maximum Gasteiger partial charge on any atom is 0.336 e. The van der Waals surface area contributed by atoms with Gasteiger partial charge >= 0.3 is 5.97 Å². The second kappa shape index (κ2) is 11.8. The van der Waals surface area contributed by atoms with E-state index in [1.54, 1.807) is 0 Å². The first-order valence-electron chi connectivity index (χ1n) is 9.29. The van der Waals surface area contributed by atoms with Crippen LogP contribution in [0.2, 0.25) is 0 Å². The number of aliphatic carboxylic acids is 1. The summed E-state index contributed by atoms with van der Waals surface area (Å²) in [7, 11) is 0. The minimum atomic E-state index is -1.17. The van der Waals surface area contributed by atoms with Crippen molar-refractivity contribution in [2.45, 2.75) is 57.8 Å². The normalized spacial score (nSPS) is 20.9. The molecule has 0 aromatic carbocycles. The minimum Gasteiger partial charge on any atom is -0.479 e. The van der Waals surface area contributed by atoms with E-state index in [2.05, 4.69) is 16.0 Å². The Labute approximate surface area is 154 Å². The Hall–Kier alpha value is -1.71. The molecule has 1 aliphatic heterocycles. The van der Waals surface area contributed by atoms with Crippen molar-refractivity contribution in [1.29, 1.82) is 0 Å². The van der Waals surface area contributed by atoms with Crippen molar-refractivity contribution >= 4 is 17.8 Å². The Morgan fingerprint density at radius 2 is 1.77 bits per heavy atom. The quantitative estimate of drug-likeness (QED) is 0.198. The molecule has 0 saturated carbocycles. The third-order valence-corrected chi connectivity index (χ3v) is 4.42. The minimum absolute atomic E-state index is 0.0705. The molecule has 6 N–H and O–H groups in total. The molecule has 1 fully saturated rings. The van der Waals surface area contributed by atoms with Crippen LogP contribution in [-0.4, -0.2) is 67.3 Å². The van der Waals surface area contributed by atoms with Crippen molar-refractivity contribution in [3.8, 4) is 0 Å². The second-order valence-corrected chi connectivity index (χ2v) is 6.58. The lowest BCUT2D eigenvalue weighted by Gasteiger charge is -2.23. The van der Waals surface area contributed by atoms with Gasteiger partial charge in [-0.1, -0.05) is 20.3 Å². The fourth-order valence-electron chi connectivity index (χ4n) is 2.49. The molecule has 1 rings (SSSR count). The van der Waals surface area contributed by atoms with Gasteiger partial charge in [-0.3, -0.25) is 9.59 Å². The van der Waals surface area contributed by atoms with E-state index in [1.807, 2.05) is 13.8 Å². The monoisotopic (exact) mass is 372 g/mol. The van der Waals surface area contributed by atoms with E-state index in [-0.39, 0.29) is 11.8 Å². The van der Waals surface area contributed by atoms with Gasteiger partial charge in [0.25, 0.3) is 5.91 Å². The van der Waals surface area contributed by atoms with Crippen molar-refractivity contribution in [3.63, 3.8) is 0 Å². The van der Waals surface area contributed by atoms with Crippen molar-refractivity contribution < 1.29 is 24.2 Å². The topological polar surface area (TPSA) is 146 Å². The molecule has 1 aliphatic rings. The van der Waals surface area contributed by atoms with Gasteiger partial charge in [-0.2, -0.15) is 0 Å². The lowest BCUT2D eigenvalue weighted by molar-refractivity contribution is -0.138. The fraction of sp³-hybridized carbons (Fsp3) is 0.824. The number of rotatable bonds is 14. The van der Waals surface area contributed by atoms with Gasteiger partial charge in [-0.05, 0) is 44.8 Å². The molecule has 0 spiro atoms. The molecule has 2 amide bonds. The van der Waals surface area contributed by atoms with E-state index in [1.165, 1.54) is 0 Å². The molecule has 150 valence electrons. The number of carbonyl (C=O) groups is 3. The van der Waals surface area contributed by atoms with E-state index in [0.717, 1.165) is 32.4 Å². The summed E-state index contributed by atoms with van der Waals surface area (Å²) >= 11 is 0. The molecule has 1 heterocycles. The lowest BCUT2D eigenvalue weighted by Crippen LogP contribution is -2.51. The van der Waals surface area contributed by atoms with E-state index < -0.39 is 30.1 Å². The first kappa shape index (κ1) is 22.3. The molecular formula is C17H32N4O5. The fourth-order valence-corrected chi connectivity index (χ4v) is 2.49. The zero-order valence-corrected chi connectivity index (χ0v) is 15.6. The predicted octanol–water partition coefficient (Wildman–Crippen LogP) is -0.796. The van der Waals surface area contributed by atoms with Gasteiger partial charge in [-0.15, -0.1) is 0 Å². The number of nitrogens with two attached hydrogens (primary N) is 1. The highest BCUT2D eigenvalue weighted by Gasteiger charge is 2.51. The van der Waals surface area contributed by atoms with Crippen LogP contribution in [0.15, 0.2) is 0 Å². The number of hydrogen-bond acceptors (Lipinski definition) is 6. The van der Waals surface area contributed by atoms with Crippen LogP contribution in [0.1, 0.15) is 39.5 Å². The van der Waals surface area contributed by atoms with Crippen LogP contribution in [0.3, 0.4) is 0 Å². The van der Waals surface area contributed by atoms with E-state index in [0.29, 0.717) is 19.5 Å². The van der Waals surface area contributed by atoms with Gasteiger partial charge in [0.2, 0.25) is 5.91 Å². The molecule has 26 heavy (non-hydrogen) atoms. The smallest absolute Gasteiger partial charge is 0.336 e. The van der Waals surface area contributed by atoms with Gasteiger partial charge in [0.15, 0.2) is 12.2 Å². The third kappa shape index (κ3) is 7.67. The molecule has 0 aliphatic carbocycles. The number of amides is 2. The SMILES string of the molecule is CCC(C)C(NC(=O)C1OC1C(=O)O)C(=O)NCCCCNCCCN. The van der Waals surface area contributed by atoms with Gasteiger partial charge < -0.3 is 31.5 Å². The molecule has 4 atom stereocenters. The molecule has 0 aromatic heterocycles. The van der Waals surface area contributed by atoms with E-state index in [9.17, 15) is 14.4 Å². The maximum absolute atomic E-state index is 12.4. The molecule has 0 aromatic rings. The van der Waals surface area contributed by atoms with Crippen molar-refractivity contribution in [1.82, 2.24) is 16.0 Å². The van der Waals surface area contributed by atoms with Gasteiger partial charge in [-0.25, -0.2) is 4.79 Å². The Kier molecular flexibility index (Phi) is 10.2. The Morgan fingerprint density at radius 1 is 1.12 bits per heavy atom. The van der Waals surface area contributed by atoms with Crippen molar-refractivity contribution in [2.24, 2.45) is 11.7 Å². The zero-order valence-electron chi connectivity index (χ0n) is 15.6. The number of epoxide rings is 1. The summed E-state index contributed by atoms with van der Waals surface area (Å²) in [4.78, 5) is 35.2. The van der Waals surface area contributed by atoms with Crippen LogP contribution in [0.4, 0.5) is 0 Å². The summed E-state index contributed by atoms with van der Waals surface area (Å²) in [5, 5.41) is 17.5. The summed E-state index contributed by atoms with van der Waals surface area (Å²) in [6.45, 7) is 6.76. The molecular weight excluding hydrogens is 340 g/mol. The molecule has 0 radical (unpaired) electrons.